The van der Waals surface area contributed by atoms with Crippen molar-refractivity contribution < 1.29 is 19.0 Å². The fourth-order valence-electron chi connectivity index (χ4n) is 2.91. The van der Waals surface area contributed by atoms with Gasteiger partial charge >= 0.3 is 0 Å². The van der Waals surface area contributed by atoms with E-state index in [1.165, 1.54) is 0 Å². The predicted octanol–water partition coefficient (Wildman–Crippen LogP) is 2.89. The van der Waals surface area contributed by atoms with Gasteiger partial charge in [-0.25, -0.2) is 0 Å². The summed E-state index contributed by atoms with van der Waals surface area (Å²) in [6.07, 6.45) is 1.02. The molecule has 24 heavy (non-hydrogen) atoms. The van der Waals surface area contributed by atoms with Gasteiger partial charge in [0, 0.05) is 23.6 Å². The number of methoxy groups -OCH3 is 2. The molecule has 0 aliphatic carbocycles. The van der Waals surface area contributed by atoms with Crippen LogP contribution in [0.1, 0.15) is 23.6 Å². The third-order valence-corrected chi connectivity index (χ3v) is 4.14. The summed E-state index contributed by atoms with van der Waals surface area (Å²) in [6.45, 7) is 0.605. The third kappa shape index (κ3) is 3.45. The van der Waals surface area contributed by atoms with E-state index in [0.717, 1.165) is 23.3 Å². The van der Waals surface area contributed by atoms with Crippen LogP contribution in [0.25, 0.3) is 0 Å². The summed E-state index contributed by atoms with van der Waals surface area (Å²) in [4.78, 5) is 12.5. The van der Waals surface area contributed by atoms with E-state index >= 15 is 0 Å². The Labute approximate surface area is 141 Å². The van der Waals surface area contributed by atoms with Crippen molar-refractivity contribution in [1.29, 1.82) is 0 Å². The molecule has 1 atom stereocenters. The number of ether oxygens (including phenoxy) is 3. The van der Waals surface area contributed by atoms with Crippen LogP contribution in [0.3, 0.4) is 0 Å². The van der Waals surface area contributed by atoms with Crippen molar-refractivity contribution in [3.05, 3.63) is 53.6 Å². The molecule has 5 heteroatoms. The van der Waals surface area contributed by atoms with Gasteiger partial charge in [0.2, 0.25) is 5.91 Å². The first kappa shape index (κ1) is 16.2. The Kier molecular flexibility index (Phi) is 4.89. The minimum Gasteiger partial charge on any atom is -0.497 e. The third-order valence-electron chi connectivity index (χ3n) is 4.14. The van der Waals surface area contributed by atoms with Gasteiger partial charge in [0.25, 0.3) is 0 Å². The lowest BCUT2D eigenvalue weighted by Gasteiger charge is -2.26. The quantitative estimate of drug-likeness (QED) is 0.917. The summed E-state index contributed by atoms with van der Waals surface area (Å²) in [7, 11) is 3.19. The van der Waals surface area contributed by atoms with Crippen molar-refractivity contribution in [3.8, 4) is 17.2 Å². The molecule has 0 saturated carbocycles. The fraction of sp³-hybridized carbons (Fsp3) is 0.316. The smallest absolute Gasteiger partial charge is 0.225 e. The molecule has 3 rings (SSSR count). The van der Waals surface area contributed by atoms with Crippen LogP contribution in [-0.2, 0) is 11.2 Å². The highest BCUT2D eigenvalue weighted by atomic mass is 16.5. The maximum atomic E-state index is 12.5. The van der Waals surface area contributed by atoms with E-state index in [-0.39, 0.29) is 18.4 Å². The second-order valence-electron chi connectivity index (χ2n) is 5.65. The largest absolute Gasteiger partial charge is 0.497 e. The summed E-state index contributed by atoms with van der Waals surface area (Å²) in [5, 5.41) is 3.10. The van der Waals surface area contributed by atoms with Crippen molar-refractivity contribution in [2.24, 2.45) is 0 Å². The first-order chi connectivity index (χ1) is 11.7. The first-order valence-electron chi connectivity index (χ1n) is 7.93. The van der Waals surface area contributed by atoms with Gasteiger partial charge in [-0.3, -0.25) is 4.79 Å². The molecule has 1 aliphatic heterocycles. The SMILES string of the molecule is COc1ccc(CC(=O)N[C@H]2CCOc3ccccc32)c(OC)c1. The molecule has 0 bridgehead atoms. The maximum Gasteiger partial charge on any atom is 0.225 e. The Balaban J connectivity index is 1.71. The Bertz CT molecular complexity index is 729. The molecule has 0 saturated heterocycles. The lowest BCUT2D eigenvalue weighted by molar-refractivity contribution is -0.121. The molecule has 2 aromatic rings. The molecular weight excluding hydrogens is 306 g/mol. The van der Waals surface area contributed by atoms with Crippen LogP contribution >= 0.6 is 0 Å². The molecule has 1 amide bonds. The Morgan fingerprint density at radius 1 is 1.21 bits per heavy atom. The minimum absolute atomic E-state index is 0.0216. The molecule has 0 fully saturated rings. The monoisotopic (exact) mass is 327 g/mol. The number of rotatable bonds is 5. The maximum absolute atomic E-state index is 12.5. The van der Waals surface area contributed by atoms with Crippen LogP contribution in [0.15, 0.2) is 42.5 Å². The second kappa shape index (κ2) is 7.25. The van der Waals surface area contributed by atoms with E-state index in [9.17, 15) is 4.79 Å². The summed E-state index contributed by atoms with van der Waals surface area (Å²) in [5.74, 6) is 2.16. The topological polar surface area (TPSA) is 56.8 Å². The van der Waals surface area contributed by atoms with Crippen LogP contribution in [0.4, 0.5) is 0 Å². The number of para-hydroxylation sites is 1. The first-order valence-corrected chi connectivity index (χ1v) is 7.93. The van der Waals surface area contributed by atoms with E-state index < -0.39 is 0 Å². The normalized spacial score (nSPS) is 15.8. The number of hydrogen-bond acceptors (Lipinski definition) is 4. The minimum atomic E-state index is -0.0415. The zero-order chi connectivity index (χ0) is 16.9. The van der Waals surface area contributed by atoms with Gasteiger partial charge in [-0.15, -0.1) is 0 Å². The molecule has 0 radical (unpaired) electrons. The van der Waals surface area contributed by atoms with Gasteiger partial charge in [0.1, 0.15) is 17.2 Å². The van der Waals surface area contributed by atoms with Gasteiger partial charge in [-0.1, -0.05) is 24.3 Å². The summed E-state index contributed by atoms with van der Waals surface area (Å²) < 4.78 is 16.2. The summed E-state index contributed by atoms with van der Waals surface area (Å²) >= 11 is 0. The van der Waals surface area contributed by atoms with Gasteiger partial charge < -0.3 is 19.5 Å². The molecule has 0 aromatic heterocycles. The highest BCUT2D eigenvalue weighted by molar-refractivity contribution is 5.80. The van der Waals surface area contributed by atoms with E-state index in [1.807, 2.05) is 36.4 Å². The van der Waals surface area contributed by atoms with Gasteiger partial charge in [-0.2, -0.15) is 0 Å². The van der Waals surface area contributed by atoms with Crippen molar-refractivity contribution in [3.63, 3.8) is 0 Å². The Morgan fingerprint density at radius 3 is 2.83 bits per heavy atom. The van der Waals surface area contributed by atoms with E-state index in [2.05, 4.69) is 5.32 Å². The van der Waals surface area contributed by atoms with E-state index in [0.29, 0.717) is 18.1 Å². The molecule has 0 spiro atoms. The van der Waals surface area contributed by atoms with Crippen LogP contribution in [0, 0.1) is 0 Å². The molecule has 1 N–H and O–H groups in total. The standard InChI is InChI=1S/C19H21NO4/c1-22-14-8-7-13(18(12-14)23-2)11-19(21)20-16-9-10-24-17-6-4-3-5-15(16)17/h3-8,12,16H,9-11H2,1-2H3,(H,20,21)/t16-/m0/s1. The Morgan fingerprint density at radius 2 is 2.04 bits per heavy atom. The molecular formula is C19H21NO4. The molecule has 1 heterocycles. The number of fused-ring (bicyclic) bond motifs is 1. The highest BCUT2D eigenvalue weighted by Gasteiger charge is 2.23. The number of hydrogen-bond donors (Lipinski definition) is 1. The van der Waals surface area contributed by atoms with Crippen LogP contribution < -0.4 is 19.5 Å². The molecule has 1 aliphatic rings. The lowest BCUT2D eigenvalue weighted by Crippen LogP contribution is -2.33. The average molecular weight is 327 g/mol. The molecule has 0 unspecified atom stereocenters. The zero-order valence-electron chi connectivity index (χ0n) is 13.9. The predicted molar refractivity (Wildman–Crippen MR) is 90.7 cm³/mol. The fourth-order valence-corrected chi connectivity index (χ4v) is 2.91. The van der Waals surface area contributed by atoms with Crippen LogP contribution in [-0.4, -0.2) is 26.7 Å². The average Bonchev–Trinajstić information content (AvgIpc) is 2.62. The van der Waals surface area contributed by atoms with Crippen LogP contribution in [0.5, 0.6) is 17.2 Å². The number of benzene rings is 2. The van der Waals surface area contributed by atoms with E-state index in [1.54, 1.807) is 20.3 Å². The highest BCUT2D eigenvalue weighted by Crippen LogP contribution is 2.32. The number of carbonyl (C=O) groups is 1. The number of amides is 1. The number of carbonyl (C=O) groups excluding carboxylic acids is 1. The lowest BCUT2D eigenvalue weighted by atomic mass is 10.00. The molecule has 2 aromatic carbocycles. The summed E-state index contributed by atoms with van der Waals surface area (Å²) in [5.41, 5.74) is 1.86. The van der Waals surface area contributed by atoms with Gasteiger partial charge in [0.05, 0.1) is 33.3 Å². The van der Waals surface area contributed by atoms with Crippen molar-refractivity contribution in [2.45, 2.75) is 18.9 Å². The van der Waals surface area contributed by atoms with Crippen molar-refractivity contribution in [2.75, 3.05) is 20.8 Å². The number of nitrogens with one attached hydrogen (secondary N) is 1. The summed E-state index contributed by atoms with van der Waals surface area (Å²) in [6, 6.07) is 13.3. The van der Waals surface area contributed by atoms with Crippen molar-refractivity contribution in [1.82, 2.24) is 5.32 Å². The van der Waals surface area contributed by atoms with E-state index in [4.69, 9.17) is 14.2 Å². The second-order valence-corrected chi connectivity index (χ2v) is 5.65. The Hall–Kier alpha value is -2.69. The van der Waals surface area contributed by atoms with Crippen molar-refractivity contribution >= 4 is 5.91 Å². The van der Waals surface area contributed by atoms with Gasteiger partial charge in [0.15, 0.2) is 0 Å². The zero-order valence-corrected chi connectivity index (χ0v) is 13.9. The van der Waals surface area contributed by atoms with Gasteiger partial charge in [-0.05, 0) is 12.1 Å². The van der Waals surface area contributed by atoms with Crippen LogP contribution in [0.2, 0.25) is 0 Å². The molecule has 5 nitrogen and oxygen atoms in total. The molecule has 126 valence electrons.